The lowest BCUT2D eigenvalue weighted by Gasteiger charge is -2.02. The summed E-state index contributed by atoms with van der Waals surface area (Å²) in [5.41, 5.74) is -0.358. The first-order chi connectivity index (χ1) is 9.27. The van der Waals surface area contributed by atoms with Crippen molar-refractivity contribution < 1.29 is 27.6 Å². The maximum Gasteiger partial charge on any atom is 0.512 e. The molecule has 3 N–H and O–H groups in total. The molecule has 2 aromatic rings. The number of nitrogens with one attached hydrogen (secondary N) is 1. The molecule has 0 amide bonds. The molecule has 0 bridgehead atoms. The van der Waals surface area contributed by atoms with E-state index in [1.54, 1.807) is 0 Å². The van der Waals surface area contributed by atoms with Crippen molar-refractivity contribution in [3.05, 3.63) is 40.7 Å². The number of nitrogens with zero attached hydrogens (tertiary/aromatic N) is 1. The van der Waals surface area contributed by atoms with Crippen LogP contribution in [0.15, 0.2) is 40.0 Å². The Labute approximate surface area is 111 Å². The van der Waals surface area contributed by atoms with Crippen molar-refractivity contribution in [2.45, 2.75) is 4.90 Å². The van der Waals surface area contributed by atoms with Gasteiger partial charge in [-0.05, 0) is 24.3 Å². The molecule has 106 valence electrons. The summed E-state index contributed by atoms with van der Waals surface area (Å²) >= 11 is 0. The molecule has 0 fully saturated rings. The minimum Gasteiger partial charge on any atom is -0.449 e. The number of ether oxygens (including phenoxy) is 1. The van der Waals surface area contributed by atoms with E-state index in [-0.39, 0.29) is 16.5 Å². The highest BCUT2D eigenvalue weighted by atomic mass is 32.2. The lowest BCUT2D eigenvalue weighted by Crippen LogP contribution is -2.13. The van der Waals surface area contributed by atoms with Crippen LogP contribution in [0, 0.1) is 0 Å². The Hall–Kier alpha value is -2.59. The lowest BCUT2D eigenvalue weighted by molar-refractivity contribution is 0.142. The number of hydrogen-bond acceptors (Lipinski definition) is 5. The fourth-order valence-corrected chi connectivity index (χ4v) is 1.96. The Bertz CT molecular complexity index is 801. The summed E-state index contributed by atoms with van der Waals surface area (Å²) < 4.78 is 35.8. The molecule has 0 saturated heterocycles. The first kappa shape index (κ1) is 13.8. The molecule has 0 unspecified atom stereocenters. The number of aromatic nitrogens is 2. The molecule has 1 aromatic carbocycles. The van der Waals surface area contributed by atoms with E-state index in [4.69, 9.17) is 9.66 Å². The van der Waals surface area contributed by atoms with Gasteiger partial charge in [-0.1, -0.05) is 0 Å². The average molecular weight is 300 g/mol. The quantitative estimate of drug-likeness (QED) is 0.553. The van der Waals surface area contributed by atoms with Crippen molar-refractivity contribution >= 4 is 16.3 Å². The fraction of sp³-hybridized carbons (Fsp3) is 0. The minimum absolute atomic E-state index is 0.239. The molecule has 0 atom stereocenters. The summed E-state index contributed by atoms with van der Waals surface area (Å²) in [5, 5.41) is 10.8. The molecule has 0 radical (unpaired) electrons. The third-order valence-corrected chi connectivity index (χ3v) is 3.15. The van der Waals surface area contributed by atoms with Gasteiger partial charge in [-0.2, -0.15) is 8.42 Å². The average Bonchev–Trinajstić information content (AvgIpc) is 2.68. The molecule has 20 heavy (non-hydrogen) atoms. The van der Waals surface area contributed by atoms with Crippen LogP contribution in [0.5, 0.6) is 5.88 Å². The topological polar surface area (TPSA) is 139 Å². The summed E-state index contributed by atoms with van der Waals surface area (Å²) in [7, 11) is -4.32. The smallest absolute Gasteiger partial charge is 0.449 e. The molecule has 0 aliphatic heterocycles. The molecule has 2 rings (SSSR count). The third kappa shape index (κ3) is 2.87. The summed E-state index contributed by atoms with van der Waals surface area (Å²) in [6.07, 6.45) is -1.58. The molecule has 0 aliphatic rings. The fourth-order valence-electron chi connectivity index (χ4n) is 1.48. The highest BCUT2D eigenvalue weighted by Gasteiger charge is 2.12. The number of aromatic amines is 1. The Morgan fingerprint density at radius 1 is 1.25 bits per heavy atom. The van der Waals surface area contributed by atoms with E-state index in [9.17, 15) is 18.0 Å². The van der Waals surface area contributed by atoms with Gasteiger partial charge in [-0.3, -0.25) is 14.4 Å². The van der Waals surface area contributed by atoms with Crippen LogP contribution in [0.4, 0.5) is 4.79 Å². The van der Waals surface area contributed by atoms with Crippen molar-refractivity contribution in [3.8, 4) is 11.6 Å². The van der Waals surface area contributed by atoms with Crippen molar-refractivity contribution in [1.82, 2.24) is 9.78 Å². The summed E-state index contributed by atoms with van der Waals surface area (Å²) in [5.74, 6) is -0.277. The number of benzene rings is 1. The van der Waals surface area contributed by atoms with Gasteiger partial charge in [-0.15, -0.1) is 0 Å². The largest absolute Gasteiger partial charge is 0.512 e. The van der Waals surface area contributed by atoms with Crippen LogP contribution >= 0.6 is 0 Å². The monoisotopic (exact) mass is 300 g/mol. The Kier molecular flexibility index (Phi) is 3.34. The normalized spacial score (nSPS) is 11.2. The number of hydrogen-bond donors (Lipinski definition) is 3. The molecule has 0 saturated carbocycles. The van der Waals surface area contributed by atoms with Gasteiger partial charge in [-0.25, -0.2) is 9.48 Å². The molecular weight excluding hydrogens is 292 g/mol. The van der Waals surface area contributed by atoms with Crippen molar-refractivity contribution in [1.29, 1.82) is 0 Å². The maximum absolute atomic E-state index is 11.6. The second kappa shape index (κ2) is 4.83. The number of carboxylic acid groups (broad SMARTS) is 1. The van der Waals surface area contributed by atoms with Gasteiger partial charge in [0, 0.05) is 0 Å². The molecular formula is C10H8N2O7S. The van der Waals surface area contributed by atoms with Gasteiger partial charge >= 0.3 is 6.16 Å². The standard InChI is InChI=1S/C10H8N2O7S/c13-9-5-8(19-10(14)15)11-12(9)6-1-3-7(4-2-6)20(16,17)18/h1-5,11H,(H,14,15)(H,16,17,18). The van der Waals surface area contributed by atoms with Crippen LogP contribution < -0.4 is 10.3 Å². The summed E-state index contributed by atoms with van der Waals surface area (Å²) in [6, 6.07) is 5.62. The molecule has 10 heteroatoms. The van der Waals surface area contributed by atoms with Gasteiger partial charge < -0.3 is 9.84 Å². The van der Waals surface area contributed by atoms with Gasteiger partial charge in [0.1, 0.15) is 0 Å². The molecule has 0 spiro atoms. The van der Waals surface area contributed by atoms with E-state index >= 15 is 0 Å². The number of carbonyl (C=O) groups is 1. The molecule has 0 aliphatic carbocycles. The highest BCUT2D eigenvalue weighted by molar-refractivity contribution is 7.85. The van der Waals surface area contributed by atoms with Crippen LogP contribution in [0.3, 0.4) is 0 Å². The van der Waals surface area contributed by atoms with Crippen LogP contribution in [-0.4, -0.2) is 34.0 Å². The number of rotatable bonds is 3. The van der Waals surface area contributed by atoms with E-state index in [0.29, 0.717) is 0 Å². The zero-order chi connectivity index (χ0) is 14.9. The molecule has 1 heterocycles. The zero-order valence-electron chi connectivity index (χ0n) is 9.68. The van der Waals surface area contributed by atoms with Crippen LogP contribution in [-0.2, 0) is 10.1 Å². The van der Waals surface area contributed by atoms with Crippen LogP contribution in [0.2, 0.25) is 0 Å². The molecule has 1 aromatic heterocycles. The minimum atomic E-state index is -4.32. The predicted molar refractivity (Wildman–Crippen MR) is 64.9 cm³/mol. The first-order valence-electron chi connectivity index (χ1n) is 5.08. The van der Waals surface area contributed by atoms with Gasteiger partial charge in [0.2, 0.25) is 5.88 Å². The van der Waals surface area contributed by atoms with Crippen molar-refractivity contribution in [3.63, 3.8) is 0 Å². The Balaban J connectivity index is 2.40. The van der Waals surface area contributed by atoms with E-state index in [0.717, 1.165) is 22.9 Å². The lowest BCUT2D eigenvalue weighted by atomic mass is 10.3. The van der Waals surface area contributed by atoms with E-state index in [2.05, 4.69) is 9.84 Å². The second-order valence-electron chi connectivity index (χ2n) is 3.63. The van der Waals surface area contributed by atoms with Gasteiger partial charge in [0.05, 0.1) is 16.6 Å². The second-order valence-corrected chi connectivity index (χ2v) is 5.05. The Morgan fingerprint density at radius 2 is 1.85 bits per heavy atom. The maximum atomic E-state index is 11.6. The third-order valence-electron chi connectivity index (χ3n) is 2.29. The SMILES string of the molecule is O=C(O)Oc1cc(=O)n(-c2ccc(S(=O)(=O)O)cc2)[nH]1. The summed E-state index contributed by atoms with van der Waals surface area (Å²) in [6.45, 7) is 0. The van der Waals surface area contributed by atoms with E-state index in [1.807, 2.05) is 0 Å². The van der Waals surface area contributed by atoms with Crippen molar-refractivity contribution in [2.75, 3.05) is 0 Å². The van der Waals surface area contributed by atoms with Crippen LogP contribution in [0.1, 0.15) is 0 Å². The van der Waals surface area contributed by atoms with Crippen LogP contribution in [0.25, 0.3) is 5.69 Å². The summed E-state index contributed by atoms with van der Waals surface area (Å²) in [4.78, 5) is 21.6. The molecule has 9 nitrogen and oxygen atoms in total. The highest BCUT2D eigenvalue weighted by Crippen LogP contribution is 2.13. The zero-order valence-corrected chi connectivity index (χ0v) is 10.5. The van der Waals surface area contributed by atoms with Gasteiger partial charge in [0.25, 0.3) is 15.7 Å². The van der Waals surface area contributed by atoms with E-state index in [1.165, 1.54) is 12.1 Å². The predicted octanol–water partition coefficient (Wildman–Crippen LogP) is 0.469. The number of H-pyrrole nitrogens is 1. The Morgan fingerprint density at radius 3 is 2.35 bits per heavy atom. The van der Waals surface area contributed by atoms with E-state index < -0.39 is 21.8 Å². The first-order valence-corrected chi connectivity index (χ1v) is 6.52. The van der Waals surface area contributed by atoms with Gasteiger partial charge in [0.15, 0.2) is 0 Å². The van der Waals surface area contributed by atoms with Crippen molar-refractivity contribution in [2.24, 2.45) is 0 Å².